The van der Waals surface area contributed by atoms with E-state index in [4.69, 9.17) is 5.11 Å². The van der Waals surface area contributed by atoms with Crippen LogP contribution in [-0.2, 0) is 0 Å². The summed E-state index contributed by atoms with van der Waals surface area (Å²) in [6.07, 6.45) is 13.3. The normalized spacial score (nSPS) is 9.95. The molecule has 0 aliphatic rings. The van der Waals surface area contributed by atoms with Gasteiger partial charge >= 0.3 is 0 Å². The van der Waals surface area contributed by atoms with Crippen LogP contribution in [0.2, 0.25) is 0 Å². The Bertz CT molecular complexity index is 258. The predicted molar refractivity (Wildman–Crippen MR) is 90.1 cm³/mol. The Morgan fingerprint density at radius 2 is 1.15 bits per heavy atom. The van der Waals surface area contributed by atoms with Crippen molar-refractivity contribution >= 4 is 0 Å². The van der Waals surface area contributed by atoms with Gasteiger partial charge in [0.15, 0.2) is 0 Å². The molecule has 0 bridgehead atoms. The number of hydrogen-bond donors (Lipinski definition) is 1. The van der Waals surface area contributed by atoms with Crippen molar-refractivity contribution in [3.05, 3.63) is 35.9 Å². The summed E-state index contributed by atoms with van der Waals surface area (Å²) in [6, 6.07) is 10.3. The van der Waals surface area contributed by atoms with E-state index in [0.29, 0.717) is 6.61 Å². The lowest BCUT2D eigenvalue weighted by atomic mass is 10.1. The zero-order valence-corrected chi connectivity index (χ0v) is 13.6. The summed E-state index contributed by atoms with van der Waals surface area (Å²) in [6.45, 7) is 4.71. The van der Waals surface area contributed by atoms with Gasteiger partial charge in [-0.2, -0.15) is 0 Å². The second-order valence-electron chi connectivity index (χ2n) is 5.56. The summed E-state index contributed by atoms with van der Waals surface area (Å²) in [5.41, 5.74) is 1.32. The van der Waals surface area contributed by atoms with Gasteiger partial charge in [-0.25, -0.2) is 0 Å². The van der Waals surface area contributed by atoms with Crippen molar-refractivity contribution in [2.24, 2.45) is 0 Å². The van der Waals surface area contributed by atoms with Crippen LogP contribution in [0.3, 0.4) is 0 Å². The number of unbranched alkanes of at least 4 members (excludes halogenated alkanes) is 9. The molecule has 0 radical (unpaired) electrons. The van der Waals surface area contributed by atoms with Gasteiger partial charge < -0.3 is 5.11 Å². The first-order valence-corrected chi connectivity index (χ1v) is 8.43. The first kappa shape index (κ1) is 19.2. The summed E-state index contributed by atoms with van der Waals surface area (Å²) >= 11 is 0. The van der Waals surface area contributed by atoms with Crippen molar-refractivity contribution in [1.82, 2.24) is 0 Å². The minimum atomic E-state index is 0.372. The molecule has 0 saturated heterocycles. The third-order valence-corrected chi connectivity index (χ3v) is 3.45. The van der Waals surface area contributed by atoms with Gasteiger partial charge in [-0.1, -0.05) is 101 Å². The molecule has 20 heavy (non-hydrogen) atoms. The van der Waals surface area contributed by atoms with E-state index < -0.39 is 0 Å². The van der Waals surface area contributed by atoms with E-state index in [2.05, 4.69) is 26.0 Å². The lowest BCUT2D eigenvalue weighted by molar-refractivity contribution is 0.282. The molecule has 1 aromatic rings. The van der Waals surface area contributed by atoms with E-state index in [9.17, 15) is 0 Å². The van der Waals surface area contributed by atoms with Crippen molar-refractivity contribution in [1.29, 1.82) is 0 Å². The quantitative estimate of drug-likeness (QED) is 0.529. The number of aliphatic hydroxyl groups is 1. The minimum absolute atomic E-state index is 0.372. The van der Waals surface area contributed by atoms with Crippen LogP contribution < -0.4 is 0 Å². The highest BCUT2D eigenvalue weighted by Gasteiger charge is 1.91. The molecule has 116 valence electrons. The summed E-state index contributed by atoms with van der Waals surface area (Å²) in [5.74, 6) is 0. The maximum atomic E-state index is 8.57. The third kappa shape index (κ3) is 15.2. The Morgan fingerprint density at radius 1 is 0.700 bits per heavy atom. The van der Waals surface area contributed by atoms with E-state index in [-0.39, 0.29) is 0 Å². The molecule has 1 aromatic carbocycles. The lowest BCUT2D eigenvalue weighted by Gasteiger charge is -2.00. The minimum Gasteiger partial charge on any atom is -0.396 e. The Morgan fingerprint density at radius 3 is 1.50 bits per heavy atom. The van der Waals surface area contributed by atoms with Crippen molar-refractivity contribution < 1.29 is 5.11 Å². The van der Waals surface area contributed by atoms with Gasteiger partial charge in [0.25, 0.3) is 0 Å². The molecule has 0 atom stereocenters. The van der Waals surface area contributed by atoms with Gasteiger partial charge in [-0.15, -0.1) is 0 Å². The highest BCUT2D eigenvalue weighted by Crippen LogP contribution is 2.09. The Labute approximate surface area is 126 Å². The largest absolute Gasteiger partial charge is 0.396 e. The van der Waals surface area contributed by atoms with Crippen molar-refractivity contribution in [3.63, 3.8) is 0 Å². The maximum Gasteiger partial charge on any atom is 0.0431 e. The van der Waals surface area contributed by atoms with Crippen LogP contribution in [0, 0.1) is 6.92 Å². The molecular weight excluding hydrogens is 244 g/mol. The monoisotopic (exact) mass is 278 g/mol. The second-order valence-corrected chi connectivity index (χ2v) is 5.56. The molecule has 1 rings (SSSR count). The van der Waals surface area contributed by atoms with Crippen molar-refractivity contribution in [2.45, 2.75) is 78.1 Å². The van der Waals surface area contributed by atoms with Crippen LogP contribution in [0.5, 0.6) is 0 Å². The summed E-state index contributed by atoms with van der Waals surface area (Å²) in [5, 5.41) is 8.57. The van der Waals surface area contributed by atoms with Gasteiger partial charge in [-0.05, 0) is 13.3 Å². The van der Waals surface area contributed by atoms with Gasteiger partial charge in [0, 0.05) is 6.61 Å². The molecule has 1 N–H and O–H groups in total. The summed E-state index contributed by atoms with van der Waals surface area (Å²) in [7, 11) is 0. The molecule has 0 aromatic heterocycles. The average Bonchev–Trinajstić information content (AvgIpc) is 2.47. The van der Waals surface area contributed by atoms with Gasteiger partial charge in [-0.3, -0.25) is 0 Å². The van der Waals surface area contributed by atoms with Gasteiger partial charge in [0.2, 0.25) is 0 Å². The van der Waals surface area contributed by atoms with Crippen molar-refractivity contribution in [3.8, 4) is 0 Å². The number of aryl methyl sites for hydroxylation is 1. The SMILES string of the molecule is CCCCCCCCCCCCO.Cc1ccccc1. The molecule has 0 amide bonds. The fourth-order valence-electron chi connectivity index (χ4n) is 2.13. The fourth-order valence-corrected chi connectivity index (χ4v) is 2.13. The lowest BCUT2D eigenvalue weighted by Crippen LogP contribution is -1.84. The van der Waals surface area contributed by atoms with E-state index in [0.717, 1.165) is 6.42 Å². The molecular formula is C19H34O. The molecule has 0 aliphatic heterocycles. The Kier molecular flexibility index (Phi) is 15.6. The van der Waals surface area contributed by atoms with E-state index in [1.807, 2.05) is 18.2 Å². The standard InChI is InChI=1S/C12H26O.C7H8/c1-2-3-4-5-6-7-8-9-10-11-12-13;1-7-5-3-2-4-6-7/h13H,2-12H2,1H3;2-6H,1H3. The number of aliphatic hydroxyl groups excluding tert-OH is 1. The van der Waals surface area contributed by atoms with Crippen LogP contribution in [0.1, 0.15) is 76.7 Å². The molecule has 0 saturated carbocycles. The highest BCUT2D eigenvalue weighted by molar-refractivity contribution is 5.11. The van der Waals surface area contributed by atoms with Crippen LogP contribution >= 0.6 is 0 Å². The second kappa shape index (κ2) is 16.2. The zero-order valence-electron chi connectivity index (χ0n) is 13.6. The molecule has 0 unspecified atom stereocenters. The maximum absolute atomic E-state index is 8.57. The number of rotatable bonds is 10. The van der Waals surface area contributed by atoms with Crippen LogP contribution in [-0.4, -0.2) is 11.7 Å². The number of benzene rings is 1. The fraction of sp³-hybridized carbons (Fsp3) is 0.684. The molecule has 1 heteroatoms. The molecule has 0 heterocycles. The van der Waals surface area contributed by atoms with Crippen LogP contribution in [0.15, 0.2) is 30.3 Å². The molecule has 0 fully saturated rings. The first-order valence-electron chi connectivity index (χ1n) is 8.43. The summed E-state index contributed by atoms with van der Waals surface area (Å²) in [4.78, 5) is 0. The predicted octanol–water partition coefficient (Wildman–Crippen LogP) is 5.89. The van der Waals surface area contributed by atoms with Crippen molar-refractivity contribution in [2.75, 3.05) is 6.61 Å². The van der Waals surface area contributed by atoms with Gasteiger partial charge in [0.1, 0.15) is 0 Å². The van der Waals surface area contributed by atoms with E-state index >= 15 is 0 Å². The molecule has 0 aliphatic carbocycles. The smallest absolute Gasteiger partial charge is 0.0431 e. The van der Waals surface area contributed by atoms with Gasteiger partial charge in [0.05, 0.1) is 0 Å². The Balaban J connectivity index is 0.000000428. The molecule has 1 nitrogen and oxygen atoms in total. The van der Waals surface area contributed by atoms with Crippen LogP contribution in [0.25, 0.3) is 0 Å². The first-order chi connectivity index (χ1) is 9.81. The summed E-state index contributed by atoms with van der Waals surface area (Å²) < 4.78 is 0. The number of hydrogen-bond acceptors (Lipinski definition) is 1. The highest BCUT2D eigenvalue weighted by atomic mass is 16.2. The van der Waals surface area contributed by atoms with E-state index in [1.165, 1.54) is 63.4 Å². The van der Waals surface area contributed by atoms with E-state index in [1.54, 1.807) is 0 Å². The third-order valence-electron chi connectivity index (χ3n) is 3.45. The zero-order chi connectivity index (χ0) is 14.9. The average molecular weight is 278 g/mol. The molecule has 0 spiro atoms. The van der Waals surface area contributed by atoms with Crippen LogP contribution in [0.4, 0.5) is 0 Å². The topological polar surface area (TPSA) is 20.2 Å². The Hall–Kier alpha value is -0.820.